The van der Waals surface area contributed by atoms with Crippen molar-refractivity contribution >= 4 is 16.7 Å². The molecule has 1 aromatic heterocycles. The summed E-state index contributed by atoms with van der Waals surface area (Å²) in [4.78, 5) is 0. The van der Waals surface area contributed by atoms with E-state index in [0.29, 0.717) is 5.82 Å². The summed E-state index contributed by atoms with van der Waals surface area (Å²) in [6.45, 7) is 0.808. The SMILES string of the molecule is Nc1n[nH]c2cc3c(cc12)CCCO3. The molecule has 4 nitrogen and oxygen atoms in total. The van der Waals surface area contributed by atoms with Crippen molar-refractivity contribution in [2.75, 3.05) is 12.3 Å². The summed E-state index contributed by atoms with van der Waals surface area (Å²) < 4.78 is 5.55. The molecule has 0 spiro atoms. The number of H-pyrrole nitrogens is 1. The summed E-state index contributed by atoms with van der Waals surface area (Å²) in [7, 11) is 0. The molecule has 1 aliphatic heterocycles. The number of nitrogens with two attached hydrogens (primary N) is 1. The van der Waals surface area contributed by atoms with E-state index in [9.17, 15) is 0 Å². The molecule has 3 N–H and O–H groups in total. The zero-order valence-electron chi connectivity index (χ0n) is 7.71. The third-order valence-corrected chi connectivity index (χ3v) is 2.62. The van der Waals surface area contributed by atoms with Gasteiger partial charge in [-0.15, -0.1) is 0 Å². The van der Waals surface area contributed by atoms with Gasteiger partial charge in [-0.1, -0.05) is 0 Å². The van der Waals surface area contributed by atoms with E-state index in [1.54, 1.807) is 0 Å². The molecule has 0 unspecified atom stereocenters. The fraction of sp³-hybridized carbons (Fsp3) is 0.300. The number of nitrogens with zero attached hydrogens (tertiary/aromatic N) is 1. The van der Waals surface area contributed by atoms with Crippen LogP contribution in [-0.2, 0) is 6.42 Å². The first-order chi connectivity index (χ1) is 6.84. The number of hydrogen-bond donors (Lipinski definition) is 2. The largest absolute Gasteiger partial charge is 0.493 e. The van der Waals surface area contributed by atoms with Gasteiger partial charge in [-0.2, -0.15) is 5.10 Å². The van der Waals surface area contributed by atoms with Gasteiger partial charge in [0.15, 0.2) is 5.82 Å². The molecule has 72 valence electrons. The second kappa shape index (κ2) is 2.64. The van der Waals surface area contributed by atoms with Crippen LogP contribution in [0.25, 0.3) is 10.9 Å². The molecule has 0 fully saturated rings. The molecule has 0 aliphatic carbocycles. The van der Waals surface area contributed by atoms with E-state index in [1.165, 1.54) is 5.56 Å². The highest BCUT2D eigenvalue weighted by Crippen LogP contribution is 2.30. The number of anilines is 1. The number of rotatable bonds is 0. The van der Waals surface area contributed by atoms with E-state index in [-0.39, 0.29) is 0 Å². The van der Waals surface area contributed by atoms with Crippen molar-refractivity contribution in [2.45, 2.75) is 12.8 Å². The van der Waals surface area contributed by atoms with Crippen LogP contribution in [0.15, 0.2) is 12.1 Å². The predicted octanol–water partition coefficient (Wildman–Crippen LogP) is 1.47. The smallest absolute Gasteiger partial charge is 0.153 e. The van der Waals surface area contributed by atoms with Crippen molar-refractivity contribution < 1.29 is 4.74 Å². The molecule has 2 heterocycles. The molecule has 1 aliphatic rings. The Kier molecular flexibility index (Phi) is 1.45. The van der Waals surface area contributed by atoms with E-state index in [2.05, 4.69) is 16.3 Å². The van der Waals surface area contributed by atoms with Crippen molar-refractivity contribution in [3.63, 3.8) is 0 Å². The Bertz CT molecular complexity index is 489. The zero-order chi connectivity index (χ0) is 9.54. The number of hydrogen-bond acceptors (Lipinski definition) is 3. The number of aromatic amines is 1. The Hall–Kier alpha value is -1.71. The Labute approximate surface area is 81.1 Å². The van der Waals surface area contributed by atoms with Gasteiger partial charge >= 0.3 is 0 Å². The molecule has 14 heavy (non-hydrogen) atoms. The van der Waals surface area contributed by atoms with Gasteiger partial charge in [0.05, 0.1) is 12.1 Å². The van der Waals surface area contributed by atoms with Crippen molar-refractivity contribution in [3.8, 4) is 5.75 Å². The minimum atomic E-state index is 0.563. The van der Waals surface area contributed by atoms with Crippen LogP contribution in [0.2, 0.25) is 0 Å². The first-order valence-corrected chi connectivity index (χ1v) is 4.74. The first kappa shape index (κ1) is 7.67. The van der Waals surface area contributed by atoms with Gasteiger partial charge in [0, 0.05) is 11.5 Å². The predicted molar refractivity (Wildman–Crippen MR) is 54.3 cm³/mol. The Morgan fingerprint density at radius 3 is 3.29 bits per heavy atom. The quantitative estimate of drug-likeness (QED) is 0.659. The maximum Gasteiger partial charge on any atom is 0.153 e. The number of fused-ring (bicyclic) bond motifs is 2. The lowest BCUT2D eigenvalue weighted by Crippen LogP contribution is -2.07. The van der Waals surface area contributed by atoms with Gasteiger partial charge in [-0.05, 0) is 24.5 Å². The van der Waals surface area contributed by atoms with Crippen LogP contribution < -0.4 is 10.5 Å². The van der Waals surface area contributed by atoms with Gasteiger partial charge in [0.25, 0.3) is 0 Å². The minimum absolute atomic E-state index is 0.563. The summed E-state index contributed by atoms with van der Waals surface area (Å²) in [5, 5.41) is 7.84. The number of benzene rings is 1. The van der Waals surface area contributed by atoms with E-state index in [4.69, 9.17) is 10.5 Å². The second-order valence-corrected chi connectivity index (χ2v) is 3.57. The maximum atomic E-state index is 5.73. The number of aromatic nitrogens is 2. The highest BCUT2D eigenvalue weighted by Gasteiger charge is 2.13. The normalized spacial score (nSPS) is 15.1. The van der Waals surface area contributed by atoms with Crippen molar-refractivity contribution in [2.24, 2.45) is 0 Å². The van der Waals surface area contributed by atoms with Crippen molar-refractivity contribution in [3.05, 3.63) is 17.7 Å². The number of nitrogens with one attached hydrogen (secondary N) is 1. The van der Waals surface area contributed by atoms with Gasteiger partial charge in [-0.25, -0.2) is 0 Å². The van der Waals surface area contributed by atoms with Crippen LogP contribution in [0.3, 0.4) is 0 Å². The lowest BCUT2D eigenvalue weighted by molar-refractivity contribution is 0.289. The lowest BCUT2D eigenvalue weighted by Gasteiger charge is -2.16. The highest BCUT2D eigenvalue weighted by atomic mass is 16.5. The maximum absolute atomic E-state index is 5.73. The summed E-state index contributed by atoms with van der Waals surface area (Å²) in [6.07, 6.45) is 2.14. The zero-order valence-corrected chi connectivity index (χ0v) is 7.71. The number of ether oxygens (including phenoxy) is 1. The third-order valence-electron chi connectivity index (χ3n) is 2.62. The van der Waals surface area contributed by atoms with Crippen molar-refractivity contribution in [1.82, 2.24) is 10.2 Å². The molecule has 3 rings (SSSR count). The van der Waals surface area contributed by atoms with E-state index in [1.807, 2.05) is 6.07 Å². The van der Waals surface area contributed by atoms with Gasteiger partial charge in [-0.3, -0.25) is 5.10 Å². The molecule has 4 heteroatoms. The van der Waals surface area contributed by atoms with Crippen LogP contribution in [0, 0.1) is 0 Å². The van der Waals surface area contributed by atoms with Gasteiger partial charge < -0.3 is 10.5 Å². The molecule has 1 aromatic carbocycles. The molecule has 2 aromatic rings. The molecule has 0 radical (unpaired) electrons. The summed E-state index contributed by atoms with van der Waals surface area (Å²) in [5.41, 5.74) is 7.91. The molecule has 0 atom stereocenters. The van der Waals surface area contributed by atoms with Crippen LogP contribution in [0.5, 0.6) is 5.75 Å². The van der Waals surface area contributed by atoms with Crippen LogP contribution in [-0.4, -0.2) is 16.8 Å². The average Bonchev–Trinajstić information content (AvgIpc) is 2.57. The average molecular weight is 189 g/mol. The summed E-state index contributed by atoms with van der Waals surface area (Å²) >= 11 is 0. The highest BCUT2D eigenvalue weighted by molar-refractivity contribution is 5.90. The fourth-order valence-corrected chi connectivity index (χ4v) is 1.88. The standard InChI is InChI=1S/C10H11N3O/c11-10-7-4-6-2-1-3-14-9(6)5-8(7)12-13-10/h4-5H,1-3H2,(H3,11,12,13). The van der Waals surface area contributed by atoms with Crippen LogP contribution in [0.4, 0.5) is 5.82 Å². The molecular weight excluding hydrogens is 178 g/mol. The monoisotopic (exact) mass is 189 g/mol. The van der Waals surface area contributed by atoms with Crippen molar-refractivity contribution in [1.29, 1.82) is 0 Å². The third kappa shape index (κ3) is 0.968. The first-order valence-electron chi connectivity index (χ1n) is 4.74. The van der Waals surface area contributed by atoms with E-state index in [0.717, 1.165) is 36.1 Å². The minimum Gasteiger partial charge on any atom is -0.493 e. The fourth-order valence-electron chi connectivity index (χ4n) is 1.88. The lowest BCUT2D eigenvalue weighted by atomic mass is 10.0. The Balaban J connectivity index is 2.29. The van der Waals surface area contributed by atoms with E-state index >= 15 is 0 Å². The Morgan fingerprint density at radius 2 is 2.36 bits per heavy atom. The second-order valence-electron chi connectivity index (χ2n) is 3.57. The van der Waals surface area contributed by atoms with E-state index < -0.39 is 0 Å². The molecular formula is C10H11N3O. The molecule has 0 saturated heterocycles. The van der Waals surface area contributed by atoms with Gasteiger partial charge in [0.1, 0.15) is 5.75 Å². The summed E-state index contributed by atoms with van der Waals surface area (Å²) in [6, 6.07) is 4.05. The molecule has 0 amide bonds. The van der Waals surface area contributed by atoms with Gasteiger partial charge in [0.2, 0.25) is 0 Å². The topological polar surface area (TPSA) is 63.9 Å². The Morgan fingerprint density at radius 1 is 1.43 bits per heavy atom. The molecule has 0 saturated carbocycles. The summed E-state index contributed by atoms with van der Waals surface area (Å²) in [5.74, 6) is 1.53. The number of aryl methyl sites for hydroxylation is 1. The van der Waals surface area contributed by atoms with Crippen LogP contribution in [0.1, 0.15) is 12.0 Å². The number of nitrogen functional groups attached to an aromatic ring is 1. The molecule has 0 bridgehead atoms. The van der Waals surface area contributed by atoms with Crippen LogP contribution >= 0.6 is 0 Å².